The third-order valence-corrected chi connectivity index (χ3v) is 5.33. The smallest absolute Gasteiger partial charge is 0.218 e. The molecule has 0 unspecified atom stereocenters. The fraction of sp³-hybridized carbons (Fsp3) is 0.400. The molecule has 0 spiro atoms. The molecule has 0 saturated carbocycles. The standard InChI is InChI=1S/C15H17FN2O3S/c1-10-5-6-12-13(3-2-4-14(12)16)15(10)18-22(19,20)9-11-7-8-21-17-11/h2-4,7-8,10,15,18H,5-6,9H2,1H3/t10-,15-/m0/s1. The topological polar surface area (TPSA) is 72.2 Å². The molecule has 1 heterocycles. The molecule has 5 nitrogen and oxygen atoms in total. The van der Waals surface area contributed by atoms with E-state index in [1.54, 1.807) is 12.1 Å². The number of benzene rings is 1. The Hall–Kier alpha value is -1.73. The fourth-order valence-corrected chi connectivity index (χ4v) is 4.26. The van der Waals surface area contributed by atoms with Crippen LogP contribution in [-0.4, -0.2) is 13.6 Å². The zero-order valence-electron chi connectivity index (χ0n) is 12.1. The van der Waals surface area contributed by atoms with Gasteiger partial charge in [-0.2, -0.15) is 0 Å². The van der Waals surface area contributed by atoms with Crippen LogP contribution in [0.3, 0.4) is 0 Å². The first-order chi connectivity index (χ1) is 10.5. The zero-order valence-corrected chi connectivity index (χ0v) is 12.9. The van der Waals surface area contributed by atoms with Gasteiger partial charge in [-0.1, -0.05) is 24.2 Å². The minimum absolute atomic E-state index is 0.0985. The molecule has 1 N–H and O–H groups in total. The Morgan fingerprint density at radius 3 is 2.95 bits per heavy atom. The molecule has 1 aliphatic carbocycles. The number of hydrogen-bond donors (Lipinski definition) is 1. The van der Waals surface area contributed by atoms with Crippen molar-refractivity contribution in [3.05, 3.63) is 53.2 Å². The predicted molar refractivity (Wildman–Crippen MR) is 78.9 cm³/mol. The van der Waals surface area contributed by atoms with Crippen molar-refractivity contribution in [1.82, 2.24) is 9.88 Å². The highest BCUT2D eigenvalue weighted by molar-refractivity contribution is 7.88. The Bertz CT molecular complexity index is 759. The van der Waals surface area contributed by atoms with Gasteiger partial charge in [-0.3, -0.25) is 0 Å². The van der Waals surface area contributed by atoms with Gasteiger partial charge >= 0.3 is 0 Å². The van der Waals surface area contributed by atoms with Crippen LogP contribution in [0.15, 0.2) is 35.1 Å². The van der Waals surface area contributed by atoms with Crippen LogP contribution in [0, 0.1) is 11.7 Å². The summed E-state index contributed by atoms with van der Waals surface area (Å²) in [6.07, 6.45) is 2.70. The van der Waals surface area contributed by atoms with E-state index in [0.717, 1.165) is 12.0 Å². The molecule has 1 aromatic heterocycles. The van der Waals surface area contributed by atoms with Crippen molar-refractivity contribution in [3.63, 3.8) is 0 Å². The summed E-state index contributed by atoms with van der Waals surface area (Å²) < 4.78 is 45.9. The molecule has 0 radical (unpaired) electrons. The Morgan fingerprint density at radius 2 is 2.23 bits per heavy atom. The van der Waals surface area contributed by atoms with Crippen molar-refractivity contribution < 1.29 is 17.3 Å². The molecule has 0 bridgehead atoms. The van der Waals surface area contributed by atoms with Crippen molar-refractivity contribution in [2.75, 3.05) is 0 Å². The first kappa shape index (κ1) is 15.2. The van der Waals surface area contributed by atoms with E-state index in [0.29, 0.717) is 17.7 Å². The molecule has 7 heteroatoms. The number of aromatic nitrogens is 1. The summed E-state index contributed by atoms with van der Waals surface area (Å²) in [5.74, 6) is -0.427. The van der Waals surface area contributed by atoms with Crippen LogP contribution in [0.5, 0.6) is 0 Å². The van der Waals surface area contributed by atoms with E-state index in [2.05, 4.69) is 14.4 Å². The lowest BCUT2D eigenvalue weighted by molar-refractivity contribution is 0.375. The summed E-state index contributed by atoms with van der Waals surface area (Å²) in [5.41, 5.74) is 1.67. The minimum Gasteiger partial charge on any atom is -0.364 e. The summed E-state index contributed by atoms with van der Waals surface area (Å²) >= 11 is 0. The minimum atomic E-state index is -3.59. The van der Waals surface area contributed by atoms with Crippen molar-refractivity contribution in [2.24, 2.45) is 5.92 Å². The summed E-state index contributed by atoms with van der Waals surface area (Å²) in [4.78, 5) is 0. The second kappa shape index (κ2) is 5.81. The number of fused-ring (bicyclic) bond motifs is 1. The Labute approximate surface area is 128 Å². The molecule has 1 aliphatic rings. The van der Waals surface area contributed by atoms with Gasteiger partial charge in [-0.25, -0.2) is 17.5 Å². The second-order valence-electron chi connectivity index (χ2n) is 5.67. The van der Waals surface area contributed by atoms with Crippen LogP contribution in [0.2, 0.25) is 0 Å². The molecule has 1 aromatic carbocycles. The normalized spacial score (nSPS) is 21.5. The predicted octanol–water partition coefficient (Wildman–Crippen LogP) is 2.56. The fourth-order valence-electron chi connectivity index (χ4n) is 2.90. The SMILES string of the molecule is C[C@H]1CCc2c(F)cccc2[C@H]1NS(=O)(=O)Cc1ccon1. The highest BCUT2D eigenvalue weighted by Crippen LogP contribution is 2.36. The lowest BCUT2D eigenvalue weighted by atomic mass is 9.81. The number of rotatable bonds is 4. The molecule has 0 saturated heterocycles. The molecule has 22 heavy (non-hydrogen) atoms. The lowest BCUT2D eigenvalue weighted by Crippen LogP contribution is -2.36. The van der Waals surface area contributed by atoms with Crippen LogP contribution in [0.25, 0.3) is 0 Å². The molecule has 0 amide bonds. The van der Waals surface area contributed by atoms with Gasteiger partial charge in [0.05, 0.1) is 5.69 Å². The maximum Gasteiger partial charge on any atom is 0.218 e. The van der Waals surface area contributed by atoms with Crippen molar-refractivity contribution in [2.45, 2.75) is 31.6 Å². The maximum absolute atomic E-state index is 13.9. The van der Waals surface area contributed by atoms with Crippen LogP contribution in [0.1, 0.15) is 36.2 Å². The third kappa shape index (κ3) is 3.05. The summed E-state index contributed by atoms with van der Waals surface area (Å²) in [5, 5.41) is 3.62. The quantitative estimate of drug-likeness (QED) is 0.938. The number of hydrogen-bond acceptors (Lipinski definition) is 4. The van der Waals surface area contributed by atoms with Gasteiger partial charge in [0.2, 0.25) is 10.0 Å². The summed E-state index contributed by atoms with van der Waals surface area (Å²) in [6.45, 7) is 1.97. The Kier molecular flexibility index (Phi) is 4.01. The molecule has 0 aliphatic heterocycles. The van der Waals surface area contributed by atoms with Crippen LogP contribution in [0.4, 0.5) is 4.39 Å². The van der Waals surface area contributed by atoms with E-state index in [-0.39, 0.29) is 17.5 Å². The van der Waals surface area contributed by atoms with Crippen molar-refractivity contribution in [3.8, 4) is 0 Å². The highest BCUT2D eigenvalue weighted by atomic mass is 32.2. The van der Waals surface area contributed by atoms with Gasteiger partial charge < -0.3 is 4.52 Å². The number of halogens is 1. The van der Waals surface area contributed by atoms with E-state index in [1.165, 1.54) is 18.4 Å². The molecule has 2 atom stereocenters. The molecule has 118 valence electrons. The average Bonchev–Trinajstić information content (AvgIpc) is 2.94. The van der Waals surface area contributed by atoms with Gasteiger partial charge in [0.25, 0.3) is 0 Å². The lowest BCUT2D eigenvalue weighted by Gasteiger charge is -2.32. The van der Waals surface area contributed by atoms with Gasteiger partial charge in [0.1, 0.15) is 17.8 Å². The Balaban J connectivity index is 1.87. The van der Waals surface area contributed by atoms with Crippen molar-refractivity contribution >= 4 is 10.0 Å². The molecule has 3 rings (SSSR count). The van der Waals surface area contributed by atoms with Gasteiger partial charge in [-0.15, -0.1) is 0 Å². The van der Waals surface area contributed by atoms with E-state index in [4.69, 9.17) is 0 Å². The molecule has 0 fully saturated rings. The van der Waals surface area contributed by atoms with Crippen LogP contribution >= 0.6 is 0 Å². The van der Waals surface area contributed by atoms with Crippen LogP contribution in [-0.2, 0) is 22.2 Å². The van der Waals surface area contributed by atoms with Crippen molar-refractivity contribution in [1.29, 1.82) is 0 Å². The monoisotopic (exact) mass is 324 g/mol. The number of sulfonamides is 1. The van der Waals surface area contributed by atoms with E-state index in [1.807, 2.05) is 6.92 Å². The number of nitrogens with one attached hydrogen (secondary N) is 1. The molecular formula is C15H17FN2O3S. The maximum atomic E-state index is 13.9. The van der Waals surface area contributed by atoms with Crippen LogP contribution < -0.4 is 4.72 Å². The summed E-state index contributed by atoms with van der Waals surface area (Å²) in [7, 11) is -3.59. The molecule has 2 aromatic rings. The zero-order chi connectivity index (χ0) is 15.7. The second-order valence-corrected chi connectivity index (χ2v) is 7.42. The van der Waals surface area contributed by atoms with Gasteiger partial charge in [-0.05, 0) is 36.0 Å². The molecular weight excluding hydrogens is 307 g/mol. The van der Waals surface area contributed by atoms with Gasteiger partial charge in [0, 0.05) is 12.1 Å². The summed E-state index contributed by atoms with van der Waals surface area (Å²) in [6, 6.07) is 5.91. The Morgan fingerprint density at radius 1 is 1.41 bits per heavy atom. The average molecular weight is 324 g/mol. The van der Waals surface area contributed by atoms with E-state index < -0.39 is 16.1 Å². The highest BCUT2D eigenvalue weighted by Gasteiger charge is 2.31. The van der Waals surface area contributed by atoms with Gasteiger partial charge in [0.15, 0.2) is 0 Å². The van der Waals surface area contributed by atoms with E-state index in [9.17, 15) is 12.8 Å². The van der Waals surface area contributed by atoms with E-state index >= 15 is 0 Å². The number of nitrogens with zero attached hydrogens (tertiary/aromatic N) is 1. The first-order valence-electron chi connectivity index (χ1n) is 7.13. The first-order valence-corrected chi connectivity index (χ1v) is 8.78. The third-order valence-electron chi connectivity index (χ3n) is 4.04. The largest absolute Gasteiger partial charge is 0.364 e.